The van der Waals surface area contributed by atoms with Crippen LogP contribution in [0.4, 0.5) is 11.5 Å². The van der Waals surface area contributed by atoms with Crippen LogP contribution in [0.1, 0.15) is 43.6 Å². The number of aromatic nitrogens is 2. The first kappa shape index (κ1) is 16.9. The highest BCUT2D eigenvalue weighted by Gasteiger charge is 2.17. The van der Waals surface area contributed by atoms with Crippen LogP contribution in [0, 0.1) is 0 Å². The maximum absolute atomic E-state index is 12.6. The van der Waals surface area contributed by atoms with Gasteiger partial charge in [-0.15, -0.1) is 0 Å². The van der Waals surface area contributed by atoms with Crippen LogP contribution in [0.25, 0.3) is 0 Å². The van der Waals surface area contributed by atoms with Crippen molar-refractivity contribution in [2.75, 3.05) is 23.3 Å². The third-order valence-corrected chi connectivity index (χ3v) is 3.59. The number of nitrogens with one attached hydrogen (secondary N) is 1. The van der Waals surface area contributed by atoms with E-state index in [4.69, 9.17) is 0 Å². The normalized spacial score (nSPS) is 10.3. The van der Waals surface area contributed by atoms with Crippen molar-refractivity contribution < 1.29 is 4.79 Å². The third-order valence-electron chi connectivity index (χ3n) is 3.59. The van der Waals surface area contributed by atoms with Crippen molar-refractivity contribution in [1.82, 2.24) is 9.97 Å². The number of carbonyl (C=O) groups is 1. The summed E-state index contributed by atoms with van der Waals surface area (Å²) >= 11 is 0. The van der Waals surface area contributed by atoms with Crippen LogP contribution in [0.2, 0.25) is 0 Å². The van der Waals surface area contributed by atoms with E-state index in [1.165, 1.54) is 19.0 Å². The minimum Gasteiger partial charge on any atom is -0.369 e. The van der Waals surface area contributed by atoms with E-state index < -0.39 is 0 Å². The third kappa shape index (κ3) is 4.77. The van der Waals surface area contributed by atoms with Gasteiger partial charge in [0, 0.05) is 18.8 Å². The molecule has 1 N–H and O–H groups in total. The smallest absolute Gasteiger partial charge is 0.278 e. The summed E-state index contributed by atoms with van der Waals surface area (Å²) in [6.45, 7) is 5.58. The molecule has 5 nitrogen and oxygen atoms in total. The van der Waals surface area contributed by atoms with Crippen molar-refractivity contribution in [3.63, 3.8) is 0 Å². The van der Waals surface area contributed by atoms with E-state index >= 15 is 0 Å². The summed E-state index contributed by atoms with van der Waals surface area (Å²) in [5.41, 5.74) is 1.22. The minimum atomic E-state index is -0.135. The van der Waals surface area contributed by atoms with Gasteiger partial charge in [0.15, 0.2) is 0 Å². The Morgan fingerprint density at radius 3 is 2.48 bits per heavy atom. The van der Waals surface area contributed by atoms with Crippen LogP contribution in [-0.2, 0) is 0 Å². The Morgan fingerprint density at radius 1 is 1.09 bits per heavy atom. The van der Waals surface area contributed by atoms with Crippen LogP contribution < -0.4 is 10.2 Å². The largest absolute Gasteiger partial charge is 0.369 e. The summed E-state index contributed by atoms with van der Waals surface area (Å²) in [6.07, 6.45) is 6.65. The van der Waals surface area contributed by atoms with Gasteiger partial charge in [0.05, 0.1) is 12.4 Å². The highest BCUT2D eigenvalue weighted by Crippen LogP contribution is 2.15. The van der Waals surface area contributed by atoms with E-state index in [0.717, 1.165) is 18.7 Å². The lowest BCUT2D eigenvalue weighted by Crippen LogP contribution is -2.31. The number of nitrogens with zero attached hydrogens (tertiary/aromatic N) is 3. The van der Waals surface area contributed by atoms with Crippen LogP contribution >= 0.6 is 0 Å². The van der Waals surface area contributed by atoms with E-state index in [0.29, 0.717) is 18.1 Å². The summed E-state index contributed by atoms with van der Waals surface area (Å²) in [4.78, 5) is 22.8. The van der Waals surface area contributed by atoms with Crippen LogP contribution in [0.5, 0.6) is 0 Å². The predicted molar refractivity (Wildman–Crippen MR) is 93.8 cm³/mol. The fourth-order valence-corrected chi connectivity index (χ4v) is 2.31. The molecule has 2 aromatic rings. The van der Waals surface area contributed by atoms with Gasteiger partial charge in [-0.25, -0.2) is 9.97 Å². The molecule has 1 amide bonds. The average Bonchev–Trinajstić information content (AvgIpc) is 2.61. The van der Waals surface area contributed by atoms with Gasteiger partial charge >= 0.3 is 0 Å². The molecule has 0 atom stereocenters. The van der Waals surface area contributed by atoms with E-state index in [9.17, 15) is 4.79 Å². The first-order valence-electron chi connectivity index (χ1n) is 8.19. The predicted octanol–water partition coefficient (Wildman–Crippen LogP) is 3.75. The number of hydrogen-bond acceptors (Lipinski definition) is 4. The molecule has 0 fully saturated rings. The number of anilines is 2. The second-order valence-corrected chi connectivity index (χ2v) is 5.31. The summed E-state index contributed by atoms with van der Waals surface area (Å²) in [5, 5.41) is 3.22. The molecule has 0 bridgehead atoms. The number of hydrogen-bond donors (Lipinski definition) is 1. The standard InChI is InChI=1S/C18H24N4O/c1-3-5-9-12-19-17-14-20-16(13-21-17)18(23)22(4-2)15-10-7-6-8-11-15/h6-8,10-11,13-14H,3-5,9,12H2,1-2H3,(H,19,21). The molecule has 0 aliphatic carbocycles. The summed E-state index contributed by atoms with van der Waals surface area (Å²) in [5.74, 6) is 0.573. The number of carbonyl (C=O) groups excluding carboxylic acids is 1. The quantitative estimate of drug-likeness (QED) is 0.754. The Labute approximate surface area is 137 Å². The average molecular weight is 312 g/mol. The zero-order chi connectivity index (χ0) is 16.5. The van der Waals surface area contributed by atoms with Crippen LogP contribution in [-0.4, -0.2) is 29.0 Å². The molecule has 0 spiro atoms. The SMILES string of the molecule is CCCCCNc1cnc(C(=O)N(CC)c2ccccc2)cn1. The zero-order valence-electron chi connectivity index (χ0n) is 13.8. The molecule has 0 radical (unpaired) electrons. The summed E-state index contributed by atoms with van der Waals surface area (Å²) in [6, 6.07) is 9.60. The molecule has 0 aliphatic rings. The molecule has 23 heavy (non-hydrogen) atoms. The molecule has 122 valence electrons. The van der Waals surface area contributed by atoms with Crippen molar-refractivity contribution in [3.8, 4) is 0 Å². The van der Waals surface area contributed by atoms with Gasteiger partial charge in [-0.3, -0.25) is 4.79 Å². The minimum absolute atomic E-state index is 0.135. The van der Waals surface area contributed by atoms with E-state index in [-0.39, 0.29) is 5.91 Å². The van der Waals surface area contributed by atoms with Gasteiger partial charge in [0.1, 0.15) is 11.5 Å². The number of amides is 1. The first-order valence-corrected chi connectivity index (χ1v) is 8.19. The Hall–Kier alpha value is -2.43. The van der Waals surface area contributed by atoms with Crippen LogP contribution in [0.3, 0.4) is 0 Å². The molecule has 2 rings (SSSR count). The second-order valence-electron chi connectivity index (χ2n) is 5.31. The van der Waals surface area contributed by atoms with Gasteiger partial charge < -0.3 is 10.2 Å². The van der Waals surface area contributed by atoms with Crippen molar-refractivity contribution in [2.45, 2.75) is 33.1 Å². The highest BCUT2D eigenvalue weighted by molar-refractivity contribution is 6.04. The first-order chi connectivity index (χ1) is 11.3. The maximum atomic E-state index is 12.6. The number of para-hydroxylation sites is 1. The van der Waals surface area contributed by atoms with E-state index in [1.807, 2.05) is 37.3 Å². The lowest BCUT2D eigenvalue weighted by Gasteiger charge is -2.20. The van der Waals surface area contributed by atoms with Crippen molar-refractivity contribution in [1.29, 1.82) is 0 Å². The van der Waals surface area contributed by atoms with Crippen molar-refractivity contribution >= 4 is 17.4 Å². The van der Waals surface area contributed by atoms with Crippen LogP contribution in [0.15, 0.2) is 42.7 Å². The Kier molecular flexibility index (Phi) is 6.54. The van der Waals surface area contributed by atoms with Gasteiger partial charge in [-0.05, 0) is 25.5 Å². The van der Waals surface area contributed by atoms with Gasteiger partial charge in [0.25, 0.3) is 5.91 Å². The van der Waals surface area contributed by atoms with E-state index in [2.05, 4.69) is 22.2 Å². The molecule has 0 aliphatic heterocycles. The van der Waals surface area contributed by atoms with E-state index in [1.54, 1.807) is 11.1 Å². The lowest BCUT2D eigenvalue weighted by molar-refractivity contribution is 0.0983. The topological polar surface area (TPSA) is 58.1 Å². The maximum Gasteiger partial charge on any atom is 0.278 e. The fourth-order valence-electron chi connectivity index (χ4n) is 2.31. The molecule has 5 heteroatoms. The number of unbranched alkanes of at least 4 members (excludes halogenated alkanes) is 2. The Balaban J connectivity index is 2.01. The number of benzene rings is 1. The second kappa shape index (κ2) is 8.88. The molecule has 1 aromatic carbocycles. The molecule has 0 unspecified atom stereocenters. The summed E-state index contributed by atoms with van der Waals surface area (Å²) < 4.78 is 0. The van der Waals surface area contributed by atoms with Crippen molar-refractivity contribution in [2.24, 2.45) is 0 Å². The molecule has 0 saturated carbocycles. The molecule has 1 aromatic heterocycles. The lowest BCUT2D eigenvalue weighted by atomic mass is 10.2. The summed E-state index contributed by atoms with van der Waals surface area (Å²) in [7, 11) is 0. The molecule has 0 saturated heterocycles. The van der Waals surface area contributed by atoms with Gasteiger partial charge in [0.2, 0.25) is 0 Å². The van der Waals surface area contributed by atoms with Gasteiger partial charge in [-0.2, -0.15) is 0 Å². The molecular weight excluding hydrogens is 288 g/mol. The Morgan fingerprint density at radius 2 is 1.87 bits per heavy atom. The molecular formula is C18H24N4O. The fraction of sp³-hybridized carbons (Fsp3) is 0.389. The highest BCUT2D eigenvalue weighted by atomic mass is 16.2. The monoisotopic (exact) mass is 312 g/mol. The number of rotatable bonds is 8. The molecule has 1 heterocycles. The zero-order valence-corrected chi connectivity index (χ0v) is 13.8. The van der Waals surface area contributed by atoms with Crippen molar-refractivity contribution in [3.05, 3.63) is 48.4 Å². The van der Waals surface area contributed by atoms with Gasteiger partial charge in [-0.1, -0.05) is 38.0 Å². The Bertz CT molecular complexity index is 598.